The maximum absolute atomic E-state index is 6.44. The van der Waals surface area contributed by atoms with Crippen LogP contribution < -0.4 is 4.90 Å². The molecule has 0 bridgehead atoms. The van der Waals surface area contributed by atoms with E-state index in [1.165, 1.54) is 5.56 Å². The Hall–Kier alpha value is -5.02. The van der Waals surface area contributed by atoms with Crippen LogP contribution in [0.4, 0.5) is 17.1 Å². The topological polar surface area (TPSA) is 16.4 Å². The van der Waals surface area contributed by atoms with Gasteiger partial charge in [0.05, 0.1) is 5.69 Å². The van der Waals surface area contributed by atoms with E-state index in [9.17, 15) is 0 Å². The summed E-state index contributed by atoms with van der Waals surface area (Å²) in [7, 11) is 0. The van der Waals surface area contributed by atoms with Gasteiger partial charge in [-0.25, -0.2) is 0 Å². The number of benzene rings is 7. The van der Waals surface area contributed by atoms with Gasteiger partial charge in [-0.15, -0.1) is 0 Å². The molecule has 0 saturated carbocycles. The molecule has 8 rings (SSSR count). The molecule has 0 aliphatic rings. The van der Waals surface area contributed by atoms with E-state index < -0.39 is 0 Å². The molecule has 4 heteroatoms. The van der Waals surface area contributed by atoms with Gasteiger partial charge < -0.3 is 9.32 Å². The van der Waals surface area contributed by atoms with Gasteiger partial charge in [0, 0.05) is 37.6 Å². The molecular formula is C40H25Cl2NO. The fourth-order valence-electron chi connectivity index (χ4n) is 6.18. The average Bonchev–Trinajstić information content (AvgIpc) is 3.43. The second kappa shape index (κ2) is 10.9. The van der Waals surface area contributed by atoms with Crippen molar-refractivity contribution in [2.75, 3.05) is 4.90 Å². The Balaban J connectivity index is 1.38. The van der Waals surface area contributed by atoms with E-state index in [1.54, 1.807) is 6.07 Å². The predicted octanol–water partition coefficient (Wildman–Crippen LogP) is 12.8. The predicted molar refractivity (Wildman–Crippen MR) is 187 cm³/mol. The lowest BCUT2D eigenvalue weighted by atomic mass is 9.96. The van der Waals surface area contributed by atoms with Crippen molar-refractivity contribution in [3.8, 4) is 22.3 Å². The van der Waals surface area contributed by atoms with Crippen molar-refractivity contribution in [3.05, 3.63) is 162 Å². The number of fused-ring (bicyclic) bond motifs is 4. The van der Waals surface area contributed by atoms with Gasteiger partial charge in [-0.3, -0.25) is 0 Å². The zero-order valence-electron chi connectivity index (χ0n) is 23.5. The minimum Gasteiger partial charge on any atom is -0.456 e. The molecule has 0 unspecified atom stereocenters. The van der Waals surface area contributed by atoms with Crippen LogP contribution in [0.3, 0.4) is 0 Å². The SMILES string of the molecule is Clc1cc(Cl)cc(-c2cccc3c(N(c4cccc(-c5ccccc5)c4)c4ccc5oc6ccccc6c5c4)cccc23)c1. The van der Waals surface area contributed by atoms with E-state index >= 15 is 0 Å². The minimum absolute atomic E-state index is 0.612. The smallest absolute Gasteiger partial charge is 0.135 e. The first-order valence-corrected chi connectivity index (χ1v) is 15.2. The number of furan rings is 1. The Morgan fingerprint density at radius 3 is 1.93 bits per heavy atom. The lowest BCUT2D eigenvalue weighted by Crippen LogP contribution is -2.10. The quantitative estimate of drug-likeness (QED) is 0.194. The van der Waals surface area contributed by atoms with Crippen molar-refractivity contribution in [2.24, 2.45) is 0 Å². The molecule has 0 saturated heterocycles. The Kier molecular flexibility index (Phi) is 6.60. The average molecular weight is 607 g/mol. The van der Waals surface area contributed by atoms with Crippen molar-refractivity contribution >= 4 is 73.0 Å². The third-order valence-electron chi connectivity index (χ3n) is 8.14. The van der Waals surface area contributed by atoms with Crippen LogP contribution in [-0.2, 0) is 0 Å². The Bertz CT molecular complexity index is 2300. The van der Waals surface area contributed by atoms with Crippen molar-refractivity contribution in [1.82, 2.24) is 0 Å². The summed E-state index contributed by atoms with van der Waals surface area (Å²) >= 11 is 12.9. The molecule has 0 N–H and O–H groups in total. The van der Waals surface area contributed by atoms with Crippen LogP contribution in [0.2, 0.25) is 10.0 Å². The highest BCUT2D eigenvalue weighted by atomic mass is 35.5. The highest BCUT2D eigenvalue weighted by Gasteiger charge is 2.19. The van der Waals surface area contributed by atoms with Gasteiger partial charge in [0.15, 0.2) is 0 Å². The van der Waals surface area contributed by atoms with Crippen LogP contribution in [0, 0.1) is 0 Å². The Morgan fingerprint density at radius 1 is 0.409 bits per heavy atom. The number of nitrogens with zero attached hydrogens (tertiary/aromatic N) is 1. The molecule has 0 aliphatic heterocycles. The molecule has 1 aromatic heterocycles. The largest absolute Gasteiger partial charge is 0.456 e. The van der Waals surface area contributed by atoms with Crippen molar-refractivity contribution in [2.45, 2.75) is 0 Å². The molecule has 7 aromatic carbocycles. The molecule has 0 aliphatic carbocycles. The van der Waals surface area contributed by atoms with Crippen molar-refractivity contribution in [1.29, 1.82) is 0 Å². The fourth-order valence-corrected chi connectivity index (χ4v) is 6.71. The summed E-state index contributed by atoms with van der Waals surface area (Å²) in [5.41, 5.74) is 9.28. The Morgan fingerprint density at radius 2 is 1.07 bits per heavy atom. The van der Waals surface area contributed by atoms with Gasteiger partial charge in [-0.05, 0) is 88.3 Å². The lowest BCUT2D eigenvalue weighted by molar-refractivity contribution is 0.669. The molecule has 210 valence electrons. The van der Waals surface area contributed by atoms with E-state index in [4.69, 9.17) is 27.6 Å². The molecule has 44 heavy (non-hydrogen) atoms. The molecule has 0 atom stereocenters. The molecule has 2 nitrogen and oxygen atoms in total. The fraction of sp³-hybridized carbons (Fsp3) is 0. The summed E-state index contributed by atoms with van der Waals surface area (Å²) in [6.45, 7) is 0. The van der Waals surface area contributed by atoms with Gasteiger partial charge >= 0.3 is 0 Å². The van der Waals surface area contributed by atoms with Crippen molar-refractivity contribution in [3.63, 3.8) is 0 Å². The zero-order chi connectivity index (χ0) is 29.6. The Labute approximate surface area is 265 Å². The first-order chi connectivity index (χ1) is 21.6. The number of rotatable bonds is 5. The van der Waals surface area contributed by atoms with Crippen molar-refractivity contribution < 1.29 is 4.42 Å². The van der Waals surface area contributed by atoms with Crippen LogP contribution in [0.5, 0.6) is 0 Å². The van der Waals surface area contributed by atoms with Crippen LogP contribution in [0.1, 0.15) is 0 Å². The summed E-state index contributed by atoms with van der Waals surface area (Å²) in [6, 6.07) is 52.4. The third kappa shape index (κ3) is 4.69. The van der Waals surface area contributed by atoms with Gasteiger partial charge in [0.2, 0.25) is 0 Å². The number of para-hydroxylation sites is 1. The summed E-state index contributed by atoms with van der Waals surface area (Å²) in [5.74, 6) is 0. The summed E-state index contributed by atoms with van der Waals surface area (Å²) in [6.07, 6.45) is 0. The molecule has 0 fully saturated rings. The van der Waals surface area contributed by atoms with Gasteiger partial charge in [0.1, 0.15) is 11.2 Å². The van der Waals surface area contributed by atoms with Crippen LogP contribution in [-0.4, -0.2) is 0 Å². The maximum atomic E-state index is 6.44. The standard InChI is InChI=1S/C40H25Cl2NO/c41-29-21-28(22-30(42)24-29)33-14-7-16-35-34(33)15-8-17-38(35)43(31-12-6-11-27(23-31)26-9-2-1-3-10-26)32-19-20-40-37(25-32)36-13-4-5-18-39(36)44-40/h1-25H. The number of hydrogen-bond donors (Lipinski definition) is 0. The summed E-state index contributed by atoms with van der Waals surface area (Å²) < 4.78 is 6.19. The second-order valence-corrected chi connectivity index (χ2v) is 11.7. The first kappa shape index (κ1) is 26.6. The van der Waals surface area contributed by atoms with Crippen LogP contribution >= 0.6 is 23.2 Å². The lowest BCUT2D eigenvalue weighted by Gasteiger charge is -2.28. The van der Waals surface area contributed by atoms with Gasteiger partial charge in [0.25, 0.3) is 0 Å². The maximum Gasteiger partial charge on any atom is 0.135 e. The molecule has 8 aromatic rings. The molecular weight excluding hydrogens is 581 g/mol. The third-order valence-corrected chi connectivity index (χ3v) is 8.58. The number of anilines is 3. The molecule has 1 heterocycles. The zero-order valence-corrected chi connectivity index (χ0v) is 25.1. The molecule has 0 radical (unpaired) electrons. The highest BCUT2D eigenvalue weighted by Crippen LogP contribution is 2.44. The minimum atomic E-state index is 0.612. The molecule has 0 spiro atoms. The van der Waals surface area contributed by atoms with E-state index in [-0.39, 0.29) is 0 Å². The number of halogens is 2. The van der Waals surface area contributed by atoms with E-state index in [1.807, 2.05) is 30.3 Å². The monoisotopic (exact) mass is 605 g/mol. The second-order valence-electron chi connectivity index (χ2n) is 10.9. The normalized spacial score (nSPS) is 11.4. The number of hydrogen-bond acceptors (Lipinski definition) is 2. The van der Waals surface area contributed by atoms with E-state index in [0.717, 1.165) is 66.5 Å². The van der Waals surface area contributed by atoms with Gasteiger partial charge in [-0.2, -0.15) is 0 Å². The summed E-state index contributed by atoms with van der Waals surface area (Å²) in [4.78, 5) is 2.34. The molecule has 0 amide bonds. The summed E-state index contributed by atoms with van der Waals surface area (Å²) in [5, 5.41) is 5.63. The van der Waals surface area contributed by atoms with E-state index in [0.29, 0.717) is 10.0 Å². The highest BCUT2D eigenvalue weighted by molar-refractivity contribution is 6.35. The van der Waals surface area contributed by atoms with Crippen LogP contribution in [0.15, 0.2) is 156 Å². The van der Waals surface area contributed by atoms with Gasteiger partial charge in [-0.1, -0.05) is 114 Å². The first-order valence-electron chi connectivity index (χ1n) is 14.5. The van der Waals surface area contributed by atoms with E-state index in [2.05, 4.69) is 120 Å². The van der Waals surface area contributed by atoms with Crippen LogP contribution in [0.25, 0.3) is 55.0 Å².